The average Bonchev–Trinajstić information content (AvgIpc) is 2.50. The molecule has 3 heteroatoms. The van der Waals surface area contributed by atoms with E-state index in [9.17, 15) is 0 Å². The number of rotatable bonds is 2. The predicted octanol–water partition coefficient (Wildman–Crippen LogP) is 4.07. The van der Waals surface area contributed by atoms with Gasteiger partial charge in [-0.25, -0.2) is 0 Å². The maximum absolute atomic E-state index is 6.62. The highest BCUT2D eigenvalue weighted by atomic mass is 79.9. The average molecular weight is 341 g/mol. The van der Waals surface area contributed by atoms with Crippen molar-refractivity contribution in [1.82, 2.24) is 0 Å². The van der Waals surface area contributed by atoms with E-state index in [2.05, 4.69) is 40.2 Å². The van der Waals surface area contributed by atoms with Crippen molar-refractivity contribution < 1.29 is 0 Å². The molecule has 1 aliphatic carbocycles. The normalized spacial score (nSPS) is 21.1. The molecule has 0 spiro atoms. The zero-order valence-electron chi connectivity index (χ0n) is 11.6. The van der Waals surface area contributed by atoms with Gasteiger partial charge in [0.25, 0.3) is 0 Å². The van der Waals surface area contributed by atoms with Crippen LogP contribution in [0.2, 0.25) is 0 Å². The Balaban J connectivity index is 2.11. The third kappa shape index (κ3) is 2.80. The Kier molecular flexibility index (Phi) is 3.70. The van der Waals surface area contributed by atoms with Crippen LogP contribution in [0, 0.1) is 0 Å². The fourth-order valence-electron chi connectivity index (χ4n) is 2.66. The SMILES string of the molecule is NC1=CCC(N)(c2ccccc2-c2cccc(Br)c2)C=C1. The Hall–Kier alpha value is -1.84. The highest BCUT2D eigenvalue weighted by Gasteiger charge is 2.27. The first-order valence-corrected chi connectivity index (χ1v) is 7.67. The quantitative estimate of drug-likeness (QED) is 0.865. The van der Waals surface area contributed by atoms with Crippen molar-refractivity contribution in [2.75, 3.05) is 0 Å². The maximum Gasteiger partial charge on any atom is 0.0641 e. The van der Waals surface area contributed by atoms with Crippen LogP contribution in [0.15, 0.2) is 76.9 Å². The van der Waals surface area contributed by atoms with Crippen molar-refractivity contribution in [2.45, 2.75) is 12.0 Å². The van der Waals surface area contributed by atoms with Crippen molar-refractivity contribution >= 4 is 15.9 Å². The van der Waals surface area contributed by atoms with Crippen LogP contribution in [0.4, 0.5) is 0 Å². The van der Waals surface area contributed by atoms with Crippen molar-refractivity contribution in [2.24, 2.45) is 11.5 Å². The Labute approximate surface area is 133 Å². The topological polar surface area (TPSA) is 52.0 Å². The van der Waals surface area contributed by atoms with E-state index in [4.69, 9.17) is 11.5 Å². The molecule has 1 unspecified atom stereocenters. The van der Waals surface area contributed by atoms with Crippen molar-refractivity contribution in [1.29, 1.82) is 0 Å². The van der Waals surface area contributed by atoms with Gasteiger partial charge in [-0.15, -0.1) is 0 Å². The van der Waals surface area contributed by atoms with Crippen LogP contribution >= 0.6 is 15.9 Å². The van der Waals surface area contributed by atoms with Crippen molar-refractivity contribution in [3.63, 3.8) is 0 Å². The van der Waals surface area contributed by atoms with E-state index in [1.807, 2.05) is 42.5 Å². The summed E-state index contributed by atoms with van der Waals surface area (Å²) in [7, 11) is 0. The molecule has 1 aliphatic rings. The van der Waals surface area contributed by atoms with E-state index in [1.54, 1.807) is 0 Å². The molecule has 2 nitrogen and oxygen atoms in total. The monoisotopic (exact) mass is 340 g/mol. The van der Waals surface area contributed by atoms with E-state index in [0.717, 1.165) is 26.9 Å². The summed E-state index contributed by atoms with van der Waals surface area (Å²) in [4.78, 5) is 0. The standard InChI is InChI=1S/C18H17BrN2/c19-14-5-3-4-13(12-14)16-6-1-2-7-17(16)18(21)10-8-15(20)9-11-18/h1-10,12H,11,20-21H2. The highest BCUT2D eigenvalue weighted by molar-refractivity contribution is 9.10. The lowest BCUT2D eigenvalue weighted by molar-refractivity contribution is 0.563. The van der Waals surface area contributed by atoms with Gasteiger partial charge in [0.15, 0.2) is 0 Å². The van der Waals surface area contributed by atoms with Crippen LogP contribution in [0.3, 0.4) is 0 Å². The number of allylic oxidation sites excluding steroid dienone is 1. The first-order chi connectivity index (χ1) is 10.1. The smallest absolute Gasteiger partial charge is 0.0641 e. The van der Waals surface area contributed by atoms with Gasteiger partial charge in [0.1, 0.15) is 0 Å². The first-order valence-electron chi connectivity index (χ1n) is 6.88. The Bertz CT molecular complexity index is 734. The molecule has 0 bridgehead atoms. The van der Waals surface area contributed by atoms with Crippen LogP contribution < -0.4 is 11.5 Å². The minimum absolute atomic E-state index is 0.512. The molecule has 0 fully saturated rings. The minimum atomic E-state index is -0.512. The second-order valence-corrected chi connectivity index (χ2v) is 6.25. The summed E-state index contributed by atoms with van der Waals surface area (Å²) in [5.74, 6) is 0. The van der Waals surface area contributed by atoms with Crippen molar-refractivity contribution in [3.05, 3.63) is 82.5 Å². The molecular formula is C18H17BrN2. The van der Waals surface area contributed by atoms with E-state index in [1.165, 1.54) is 0 Å². The molecule has 0 saturated heterocycles. The van der Waals surface area contributed by atoms with Gasteiger partial charge < -0.3 is 11.5 Å². The number of halogens is 1. The first kappa shape index (κ1) is 14.1. The van der Waals surface area contributed by atoms with Gasteiger partial charge in [-0.1, -0.05) is 64.5 Å². The molecule has 4 N–H and O–H groups in total. The Morgan fingerprint density at radius 2 is 1.86 bits per heavy atom. The maximum atomic E-state index is 6.62. The molecular weight excluding hydrogens is 324 g/mol. The van der Waals surface area contributed by atoms with Gasteiger partial charge in [-0.3, -0.25) is 0 Å². The van der Waals surface area contributed by atoms with E-state index < -0.39 is 5.54 Å². The molecule has 0 heterocycles. The summed E-state index contributed by atoms with van der Waals surface area (Å²) >= 11 is 3.53. The van der Waals surface area contributed by atoms with Gasteiger partial charge in [0, 0.05) is 10.2 Å². The van der Waals surface area contributed by atoms with Gasteiger partial charge in [-0.2, -0.15) is 0 Å². The van der Waals surface area contributed by atoms with Gasteiger partial charge in [-0.05, 0) is 41.3 Å². The van der Waals surface area contributed by atoms with Crippen LogP contribution in [-0.4, -0.2) is 0 Å². The zero-order valence-corrected chi connectivity index (χ0v) is 13.2. The summed E-state index contributed by atoms with van der Waals surface area (Å²) in [6.45, 7) is 0. The van der Waals surface area contributed by atoms with Crippen LogP contribution in [0.1, 0.15) is 12.0 Å². The van der Waals surface area contributed by atoms with Crippen LogP contribution in [0.5, 0.6) is 0 Å². The molecule has 2 aromatic carbocycles. The molecule has 1 atom stereocenters. The molecule has 0 amide bonds. The molecule has 0 radical (unpaired) electrons. The van der Waals surface area contributed by atoms with Gasteiger partial charge in [0.05, 0.1) is 5.54 Å². The third-order valence-corrected chi connectivity index (χ3v) is 4.31. The zero-order chi connectivity index (χ0) is 14.9. The lowest BCUT2D eigenvalue weighted by Crippen LogP contribution is -2.36. The molecule has 21 heavy (non-hydrogen) atoms. The number of hydrogen-bond donors (Lipinski definition) is 2. The van der Waals surface area contributed by atoms with E-state index in [-0.39, 0.29) is 0 Å². The van der Waals surface area contributed by atoms with Crippen molar-refractivity contribution in [3.8, 4) is 11.1 Å². The second kappa shape index (κ2) is 5.51. The summed E-state index contributed by atoms with van der Waals surface area (Å²) in [5, 5.41) is 0. The van der Waals surface area contributed by atoms with Crippen LogP contribution in [0.25, 0.3) is 11.1 Å². The number of hydrogen-bond acceptors (Lipinski definition) is 2. The van der Waals surface area contributed by atoms with Gasteiger partial charge >= 0.3 is 0 Å². The molecule has 3 rings (SSSR count). The lowest BCUT2D eigenvalue weighted by Gasteiger charge is -2.30. The Morgan fingerprint density at radius 3 is 2.57 bits per heavy atom. The summed E-state index contributed by atoms with van der Waals surface area (Å²) in [5.41, 5.74) is 16.1. The van der Waals surface area contributed by atoms with E-state index >= 15 is 0 Å². The number of nitrogens with two attached hydrogens (primary N) is 2. The largest absolute Gasteiger partial charge is 0.399 e. The minimum Gasteiger partial charge on any atom is -0.399 e. The molecule has 0 aromatic heterocycles. The fourth-order valence-corrected chi connectivity index (χ4v) is 3.06. The summed E-state index contributed by atoms with van der Waals surface area (Å²) in [6.07, 6.45) is 6.58. The van der Waals surface area contributed by atoms with Gasteiger partial charge in [0.2, 0.25) is 0 Å². The second-order valence-electron chi connectivity index (χ2n) is 5.34. The lowest BCUT2D eigenvalue weighted by atomic mass is 9.80. The molecule has 0 aliphatic heterocycles. The van der Waals surface area contributed by atoms with E-state index in [0.29, 0.717) is 6.42 Å². The number of benzene rings is 2. The Morgan fingerprint density at radius 1 is 1.05 bits per heavy atom. The molecule has 2 aromatic rings. The third-order valence-electron chi connectivity index (χ3n) is 3.81. The molecule has 0 saturated carbocycles. The molecule has 106 valence electrons. The summed E-state index contributed by atoms with van der Waals surface area (Å²) in [6, 6.07) is 16.5. The van der Waals surface area contributed by atoms with Crippen LogP contribution in [-0.2, 0) is 5.54 Å². The highest BCUT2D eigenvalue weighted by Crippen LogP contribution is 2.36. The summed E-state index contributed by atoms with van der Waals surface area (Å²) < 4.78 is 1.06. The predicted molar refractivity (Wildman–Crippen MR) is 91.5 cm³/mol. The fraction of sp³-hybridized carbons (Fsp3) is 0.111.